The third-order valence-electron chi connectivity index (χ3n) is 4.34. The lowest BCUT2D eigenvalue weighted by molar-refractivity contribution is -0.145. The minimum absolute atomic E-state index is 0.0476. The predicted molar refractivity (Wildman–Crippen MR) is 104 cm³/mol. The number of benzene rings is 2. The van der Waals surface area contributed by atoms with E-state index in [4.69, 9.17) is 14.2 Å². The van der Waals surface area contributed by atoms with Gasteiger partial charge in [-0.3, -0.25) is 4.79 Å². The standard InChI is InChI=1S/C22H25NO5/c1-16(2)27-19-10-8-18(9-11-19)22(25)28-20(17-6-4-3-5-7-17)21(24)23-12-14-26-15-13-23/h3-11,16,20H,12-15H2,1-2H3/t20-/m0/s1. The Morgan fingerprint density at radius 1 is 0.964 bits per heavy atom. The first kappa shape index (κ1) is 19.9. The second kappa shape index (κ2) is 9.37. The van der Waals surface area contributed by atoms with Crippen molar-refractivity contribution in [2.24, 2.45) is 0 Å². The number of morpholine rings is 1. The van der Waals surface area contributed by atoms with E-state index in [1.54, 1.807) is 41.3 Å². The Morgan fingerprint density at radius 3 is 2.21 bits per heavy atom. The number of hydrogen-bond donors (Lipinski definition) is 0. The normalized spacial score (nSPS) is 15.2. The van der Waals surface area contributed by atoms with Gasteiger partial charge in [0.25, 0.3) is 5.91 Å². The summed E-state index contributed by atoms with van der Waals surface area (Å²) < 4.78 is 16.5. The number of nitrogens with zero attached hydrogens (tertiary/aromatic N) is 1. The summed E-state index contributed by atoms with van der Waals surface area (Å²) in [6.07, 6.45) is -0.940. The summed E-state index contributed by atoms with van der Waals surface area (Å²) in [5, 5.41) is 0. The Balaban J connectivity index is 1.77. The third kappa shape index (κ3) is 5.10. The molecule has 1 fully saturated rings. The van der Waals surface area contributed by atoms with Gasteiger partial charge in [-0.05, 0) is 38.1 Å². The predicted octanol–water partition coefficient (Wildman–Crippen LogP) is 3.23. The maximum atomic E-state index is 13.0. The average Bonchev–Trinajstić information content (AvgIpc) is 2.73. The fraction of sp³-hybridized carbons (Fsp3) is 0.364. The van der Waals surface area contributed by atoms with Crippen LogP contribution in [-0.2, 0) is 14.3 Å². The highest BCUT2D eigenvalue weighted by atomic mass is 16.5. The van der Waals surface area contributed by atoms with E-state index < -0.39 is 12.1 Å². The molecule has 0 radical (unpaired) electrons. The quantitative estimate of drug-likeness (QED) is 0.717. The van der Waals surface area contributed by atoms with Gasteiger partial charge in [0.1, 0.15) is 5.75 Å². The first-order chi connectivity index (χ1) is 13.5. The summed E-state index contributed by atoms with van der Waals surface area (Å²) in [6.45, 7) is 5.81. The average molecular weight is 383 g/mol. The van der Waals surface area contributed by atoms with Crippen molar-refractivity contribution in [3.8, 4) is 5.75 Å². The SMILES string of the molecule is CC(C)Oc1ccc(C(=O)O[C@H](C(=O)N2CCOCC2)c2ccccc2)cc1. The van der Waals surface area contributed by atoms with Crippen molar-refractivity contribution >= 4 is 11.9 Å². The molecule has 0 bridgehead atoms. The van der Waals surface area contributed by atoms with Gasteiger partial charge in [-0.2, -0.15) is 0 Å². The van der Waals surface area contributed by atoms with Crippen LogP contribution in [0.4, 0.5) is 0 Å². The zero-order chi connectivity index (χ0) is 19.9. The van der Waals surface area contributed by atoms with Crippen molar-refractivity contribution in [1.29, 1.82) is 0 Å². The van der Waals surface area contributed by atoms with Crippen LogP contribution in [0.15, 0.2) is 54.6 Å². The number of ether oxygens (including phenoxy) is 3. The van der Waals surface area contributed by atoms with Crippen LogP contribution in [-0.4, -0.2) is 49.2 Å². The van der Waals surface area contributed by atoms with E-state index in [1.807, 2.05) is 32.0 Å². The number of rotatable bonds is 6. The fourth-order valence-corrected chi connectivity index (χ4v) is 2.96. The molecule has 6 nitrogen and oxygen atoms in total. The first-order valence-electron chi connectivity index (χ1n) is 9.44. The van der Waals surface area contributed by atoms with Crippen LogP contribution < -0.4 is 4.74 Å². The first-order valence-corrected chi connectivity index (χ1v) is 9.44. The molecule has 1 saturated heterocycles. The zero-order valence-corrected chi connectivity index (χ0v) is 16.2. The van der Waals surface area contributed by atoms with E-state index in [2.05, 4.69) is 0 Å². The van der Waals surface area contributed by atoms with Crippen LogP contribution >= 0.6 is 0 Å². The number of carbonyl (C=O) groups is 2. The number of esters is 1. The van der Waals surface area contributed by atoms with Crippen LogP contribution in [0.2, 0.25) is 0 Å². The lowest BCUT2D eigenvalue weighted by atomic mass is 10.1. The van der Waals surface area contributed by atoms with Crippen molar-refractivity contribution in [2.45, 2.75) is 26.1 Å². The summed E-state index contributed by atoms with van der Waals surface area (Å²) >= 11 is 0. The van der Waals surface area contributed by atoms with Crippen LogP contribution in [0.1, 0.15) is 35.9 Å². The summed E-state index contributed by atoms with van der Waals surface area (Å²) in [4.78, 5) is 27.4. The molecule has 6 heteroatoms. The zero-order valence-electron chi connectivity index (χ0n) is 16.2. The Kier molecular flexibility index (Phi) is 6.66. The van der Waals surface area contributed by atoms with E-state index in [1.165, 1.54) is 0 Å². The highest BCUT2D eigenvalue weighted by molar-refractivity contribution is 5.92. The maximum absolute atomic E-state index is 13.0. The highest BCUT2D eigenvalue weighted by Gasteiger charge is 2.30. The van der Waals surface area contributed by atoms with Gasteiger partial charge < -0.3 is 19.1 Å². The monoisotopic (exact) mass is 383 g/mol. The van der Waals surface area contributed by atoms with Gasteiger partial charge in [0.15, 0.2) is 0 Å². The van der Waals surface area contributed by atoms with E-state index in [-0.39, 0.29) is 12.0 Å². The molecule has 2 aromatic rings. The second-order valence-electron chi connectivity index (χ2n) is 6.82. The molecule has 0 spiro atoms. The van der Waals surface area contributed by atoms with Gasteiger partial charge in [0, 0.05) is 18.7 Å². The molecule has 0 unspecified atom stereocenters. The number of carbonyl (C=O) groups excluding carboxylic acids is 2. The maximum Gasteiger partial charge on any atom is 0.339 e. The Hall–Kier alpha value is -2.86. The second-order valence-corrected chi connectivity index (χ2v) is 6.82. The Labute approximate surface area is 165 Å². The molecule has 2 aromatic carbocycles. The summed E-state index contributed by atoms with van der Waals surface area (Å²) in [5.74, 6) is -0.107. The molecule has 0 saturated carbocycles. The van der Waals surface area contributed by atoms with Gasteiger partial charge in [0.05, 0.1) is 24.9 Å². The minimum atomic E-state index is -0.988. The van der Waals surface area contributed by atoms with Gasteiger partial charge in [-0.15, -0.1) is 0 Å². The molecule has 3 rings (SSSR count). The van der Waals surface area contributed by atoms with E-state index in [9.17, 15) is 9.59 Å². The molecule has 1 atom stereocenters. The molecule has 1 amide bonds. The minimum Gasteiger partial charge on any atom is -0.491 e. The Morgan fingerprint density at radius 2 is 1.61 bits per heavy atom. The molecule has 28 heavy (non-hydrogen) atoms. The van der Waals surface area contributed by atoms with Crippen molar-refractivity contribution in [1.82, 2.24) is 4.90 Å². The molecule has 0 N–H and O–H groups in total. The van der Waals surface area contributed by atoms with Crippen molar-refractivity contribution in [2.75, 3.05) is 26.3 Å². The fourth-order valence-electron chi connectivity index (χ4n) is 2.96. The lowest BCUT2D eigenvalue weighted by Gasteiger charge is -2.30. The Bertz CT molecular complexity index is 782. The highest BCUT2D eigenvalue weighted by Crippen LogP contribution is 2.23. The largest absolute Gasteiger partial charge is 0.491 e. The topological polar surface area (TPSA) is 65.1 Å². The summed E-state index contributed by atoms with van der Waals surface area (Å²) in [5.41, 5.74) is 1.01. The van der Waals surface area contributed by atoms with Crippen molar-refractivity contribution in [3.63, 3.8) is 0 Å². The lowest BCUT2D eigenvalue weighted by Crippen LogP contribution is -2.44. The number of amides is 1. The molecular weight excluding hydrogens is 358 g/mol. The van der Waals surface area contributed by atoms with Gasteiger partial charge >= 0.3 is 5.97 Å². The molecule has 0 aromatic heterocycles. The molecule has 0 aliphatic carbocycles. The molecule has 148 valence electrons. The van der Waals surface area contributed by atoms with Gasteiger partial charge in [-0.25, -0.2) is 4.79 Å². The number of hydrogen-bond acceptors (Lipinski definition) is 5. The van der Waals surface area contributed by atoms with Crippen LogP contribution in [0.5, 0.6) is 5.75 Å². The third-order valence-corrected chi connectivity index (χ3v) is 4.34. The molecule has 1 aliphatic rings. The van der Waals surface area contributed by atoms with Gasteiger partial charge in [-0.1, -0.05) is 30.3 Å². The molecular formula is C22H25NO5. The van der Waals surface area contributed by atoms with Crippen LogP contribution in [0, 0.1) is 0 Å². The van der Waals surface area contributed by atoms with E-state index >= 15 is 0 Å². The van der Waals surface area contributed by atoms with Gasteiger partial charge in [0.2, 0.25) is 6.10 Å². The van der Waals surface area contributed by atoms with Crippen LogP contribution in [0.25, 0.3) is 0 Å². The van der Waals surface area contributed by atoms with Crippen molar-refractivity contribution < 1.29 is 23.8 Å². The van der Waals surface area contributed by atoms with E-state index in [0.29, 0.717) is 43.2 Å². The summed E-state index contributed by atoms with van der Waals surface area (Å²) in [7, 11) is 0. The van der Waals surface area contributed by atoms with Crippen LogP contribution in [0.3, 0.4) is 0 Å². The van der Waals surface area contributed by atoms with E-state index in [0.717, 1.165) is 0 Å². The summed E-state index contributed by atoms with van der Waals surface area (Å²) in [6, 6.07) is 15.8. The van der Waals surface area contributed by atoms with Crippen molar-refractivity contribution in [3.05, 3.63) is 65.7 Å². The molecule has 1 aliphatic heterocycles. The molecule has 1 heterocycles. The smallest absolute Gasteiger partial charge is 0.339 e.